The Morgan fingerprint density at radius 2 is 1.47 bits per heavy atom. The number of piperidine rings is 2. The SMILES string of the molecule is CC1(N)CCN(c2cnc(Sc3cccc(NC(=O)CCC(=O)NCCOCCOCCOCCOCCOCCNc4cccc5cnn([C@@H]6CCC(=O)NC6=O)c(=O)c45)c3Cl)c(N)n2)CC1. The van der Waals surface area contributed by atoms with Crippen LogP contribution in [-0.4, -0.2) is 141 Å². The molecule has 4 aromatic rings. The molecule has 4 amide bonds. The molecule has 8 N–H and O–H groups in total. The van der Waals surface area contributed by atoms with Crippen LogP contribution in [0.3, 0.4) is 0 Å². The van der Waals surface area contributed by atoms with Crippen molar-refractivity contribution in [3.05, 3.63) is 64.2 Å². The first-order valence-electron chi connectivity index (χ1n) is 22.5. The lowest BCUT2D eigenvalue weighted by atomic mass is 9.91. The van der Waals surface area contributed by atoms with Crippen molar-refractivity contribution < 1.29 is 42.9 Å². The Kier molecular flexibility index (Phi) is 20.1. The van der Waals surface area contributed by atoms with E-state index in [1.807, 2.05) is 6.07 Å². The second-order valence-electron chi connectivity index (χ2n) is 16.3. The molecule has 68 heavy (non-hydrogen) atoms. The smallest absolute Gasteiger partial charge is 0.277 e. The molecule has 4 heterocycles. The molecule has 0 spiro atoms. The highest BCUT2D eigenvalue weighted by atomic mass is 35.5. The molecule has 0 radical (unpaired) electrons. The average molecular weight is 983 g/mol. The van der Waals surface area contributed by atoms with Crippen LogP contribution >= 0.6 is 23.4 Å². The first kappa shape index (κ1) is 51.9. The zero-order chi connectivity index (χ0) is 48.3. The Morgan fingerprint density at radius 3 is 2.13 bits per heavy atom. The number of aromatic nitrogens is 4. The molecule has 0 bridgehead atoms. The van der Waals surface area contributed by atoms with Gasteiger partial charge in [0, 0.05) is 66.9 Å². The Balaban J connectivity index is 0.727. The number of hydrogen-bond acceptors (Lipinski definition) is 18. The van der Waals surface area contributed by atoms with Crippen LogP contribution in [0.2, 0.25) is 5.02 Å². The van der Waals surface area contributed by atoms with Crippen molar-refractivity contribution in [3.8, 4) is 0 Å². The number of carbonyl (C=O) groups excluding carboxylic acids is 4. The number of fused-ring (bicyclic) bond motifs is 1. The fourth-order valence-electron chi connectivity index (χ4n) is 7.17. The van der Waals surface area contributed by atoms with Crippen LogP contribution < -0.4 is 43.2 Å². The minimum Gasteiger partial charge on any atom is -0.382 e. The summed E-state index contributed by atoms with van der Waals surface area (Å²) in [6.07, 6.45) is 5.24. The fraction of sp³-hybridized carbons (Fsp3) is 0.511. The summed E-state index contributed by atoms with van der Waals surface area (Å²) >= 11 is 7.90. The number of anilines is 4. The van der Waals surface area contributed by atoms with Crippen LogP contribution in [0.5, 0.6) is 0 Å². The van der Waals surface area contributed by atoms with E-state index in [0.717, 1.165) is 30.6 Å². The van der Waals surface area contributed by atoms with Crippen molar-refractivity contribution in [1.82, 2.24) is 30.4 Å². The predicted octanol–water partition coefficient (Wildman–Crippen LogP) is 2.90. The fourth-order valence-corrected chi connectivity index (χ4v) is 8.27. The molecule has 21 nitrogen and oxygen atoms in total. The van der Waals surface area contributed by atoms with E-state index in [9.17, 15) is 24.0 Å². The third kappa shape index (κ3) is 15.8. The van der Waals surface area contributed by atoms with Crippen molar-refractivity contribution in [2.45, 2.75) is 67.0 Å². The highest BCUT2D eigenvalue weighted by molar-refractivity contribution is 7.99. The number of rotatable bonds is 27. The van der Waals surface area contributed by atoms with Crippen LogP contribution in [0.15, 0.2) is 63.5 Å². The Hall–Kier alpha value is -5.46. The summed E-state index contributed by atoms with van der Waals surface area (Å²) in [6.45, 7) is 8.01. The molecular weight excluding hydrogens is 922 g/mol. The lowest BCUT2D eigenvalue weighted by Gasteiger charge is -2.37. The zero-order valence-electron chi connectivity index (χ0n) is 38.1. The van der Waals surface area contributed by atoms with Crippen LogP contribution in [0, 0.1) is 0 Å². The normalized spacial score (nSPS) is 15.9. The minimum atomic E-state index is -0.844. The van der Waals surface area contributed by atoms with Gasteiger partial charge in [0.15, 0.2) is 5.82 Å². The van der Waals surface area contributed by atoms with Gasteiger partial charge >= 0.3 is 0 Å². The topological polar surface area (TPSA) is 278 Å². The Morgan fingerprint density at radius 1 is 0.853 bits per heavy atom. The summed E-state index contributed by atoms with van der Waals surface area (Å²) in [4.78, 5) is 74.1. The van der Waals surface area contributed by atoms with Crippen LogP contribution in [0.1, 0.15) is 51.5 Å². The molecule has 0 unspecified atom stereocenters. The molecule has 2 saturated heterocycles. The molecule has 2 aliphatic rings. The van der Waals surface area contributed by atoms with Crippen molar-refractivity contribution in [2.75, 3.05) is 114 Å². The number of nitrogens with zero attached hydrogens (tertiary/aromatic N) is 5. The number of carbonyl (C=O) groups is 4. The molecule has 23 heteroatoms. The average Bonchev–Trinajstić information content (AvgIpc) is 3.31. The molecular formula is C45H60ClN11O10S. The Bertz CT molecular complexity index is 2400. The molecule has 6 rings (SSSR count). The van der Waals surface area contributed by atoms with E-state index < -0.39 is 17.5 Å². The predicted molar refractivity (Wildman–Crippen MR) is 257 cm³/mol. The first-order valence-corrected chi connectivity index (χ1v) is 23.7. The van der Waals surface area contributed by atoms with E-state index in [-0.39, 0.29) is 67.9 Å². The lowest BCUT2D eigenvalue weighted by Crippen LogP contribution is -2.48. The summed E-state index contributed by atoms with van der Waals surface area (Å²) < 4.78 is 28.9. The lowest BCUT2D eigenvalue weighted by molar-refractivity contribution is -0.136. The van der Waals surface area contributed by atoms with Gasteiger partial charge in [-0.1, -0.05) is 41.6 Å². The summed E-state index contributed by atoms with van der Waals surface area (Å²) in [7, 11) is 0. The van der Waals surface area contributed by atoms with Gasteiger partial charge in [-0.3, -0.25) is 29.3 Å². The molecule has 0 aliphatic carbocycles. The number of amides is 4. The van der Waals surface area contributed by atoms with Gasteiger partial charge in [-0.25, -0.2) is 14.6 Å². The maximum absolute atomic E-state index is 13.3. The van der Waals surface area contributed by atoms with Crippen molar-refractivity contribution in [2.24, 2.45) is 5.73 Å². The van der Waals surface area contributed by atoms with E-state index >= 15 is 0 Å². The number of nitrogens with one attached hydrogen (secondary N) is 4. The van der Waals surface area contributed by atoms with E-state index in [1.165, 1.54) is 18.0 Å². The second kappa shape index (κ2) is 26.3. The van der Waals surface area contributed by atoms with Gasteiger partial charge in [0.25, 0.3) is 11.5 Å². The quantitative estimate of drug-likeness (QED) is 0.0370. The second-order valence-corrected chi connectivity index (χ2v) is 17.7. The number of nitrogens with two attached hydrogens (primary N) is 2. The number of imide groups is 1. The van der Waals surface area contributed by atoms with Crippen molar-refractivity contribution >= 4 is 80.8 Å². The maximum atomic E-state index is 13.3. The highest BCUT2D eigenvalue weighted by Gasteiger charge is 2.30. The summed E-state index contributed by atoms with van der Waals surface area (Å²) in [5, 5.41) is 17.1. The standard InChI is InChI=1S/C45H60ClN11O10S/c1-45(48)12-16-56(17-13-45)35-29-51-43(41(47)54-35)68-34-7-3-6-32(40(34)46)53-37(59)11-10-36(58)50-15-19-64-21-23-66-25-27-67-26-24-65-22-20-63-18-14-49-31-5-2-4-30-28-52-57(44(62)39(30)31)33-8-9-38(60)55-42(33)61/h2-7,28-29,33,49H,8-27,48H2,1H3,(H2,47,54)(H,50,58)(H,53,59)(H,55,60,61)/t33-/m1/s1. The molecule has 2 aliphatic heterocycles. The van der Waals surface area contributed by atoms with E-state index in [1.54, 1.807) is 36.5 Å². The number of nitrogen functional groups attached to an aromatic ring is 1. The van der Waals surface area contributed by atoms with E-state index in [0.29, 0.717) is 109 Å². The third-order valence-electron chi connectivity index (χ3n) is 11.0. The largest absolute Gasteiger partial charge is 0.382 e. The molecule has 2 aromatic heterocycles. The van der Waals surface area contributed by atoms with Gasteiger partial charge in [0.1, 0.15) is 16.9 Å². The number of hydrogen-bond donors (Lipinski definition) is 6. The Labute approximate surface area is 403 Å². The molecule has 1 atom stereocenters. The van der Waals surface area contributed by atoms with Crippen LogP contribution in [0.25, 0.3) is 10.8 Å². The maximum Gasteiger partial charge on any atom is 0.277 e. The van der Waals surface area contributed by atoms with E-state index in [4.69, 9.17) is 46.8 Å². The van der Waals surface area contributed by atoms with Crippen molar-refractivity contribution in [3.63, 3.8) is 0 Å². The van der Waals surface area contributed by atoms with Gasteiger partial charge in [-0.2, -0.15) is 5.10 Å². The van der Waals surface area contributed by atoms with Crippen LogP contribution in [-0.2, 0) is 42.9 Å². The van der Waals surface area contributed by atoms with Gasteiger partial charge in [-0.05, 0) is 44.4 Å². The van der Waals surface area contributed by atoms with Gasteiger partial charge in [0.05, 0.1) is 94.6 Å². The van der Waals surface area contributed by atoms with Gasteiger partial charge < -0.3 is 56.0 Å². The number of halogens is 1. The van der Waals surface area contributed by atoms with Crippen LogP contribution in [0.4, 0.5) is 23.0 Å². The van der Waals surface area contributed by atoms with Gasteiger partial charge in [-0.15, -0.1) is 0 Å². The first-order chi connectivity index (χ1) is 32.9. The highest BCUT2D eigenvalue weighted by Crippen LogP contribution is 2.39. The zero-order valence-corrected chi connectivity index (χ0v) is 39.7. The molecule has 2 fully saturated rings. The van der Waals surface area contributed by atoms with Gasteiger partial charge in [0.2, 0.25) is 17.7 Å². The molecule has 368 valence electrons. The summed E-state index contributed by atoms with van der Waals surface area (Å²) in [5.41, 5.74) is 12.9. The summed E-state index contributed by atoms with van der Waals surface area (Å²) in [5.74, 6) is -0.557. The number of ether oxygens (including phenoxy) is 5. The van der Waals surface area contributed by atoms with Crippen molar-refractivity contribution in [1.29, 1.82) is 0 Å². The molecule has 0 saturated carbocycles. The molecule has 2 aromatic carbocycles. The van der Waals surface area contributed by atoms with E-state index in [2.05, 4.69) is 48.2 Å². The number of benzene rings is 2. The minimum absolute atomic E-state index is 0.00571. The monoisotopic (exact) mass is 981 g/mol. The summed E-state index contributed by atoms with van der Waals surface area (Å²) in [6, 6.07) is 9.76. The third-order valence-corrected chi connectivity index (χ3v) is 12.6.